The monoisotopic (exact) mass is 487 g/mol. The third-order valence-electron chi connectivity index (χ3n) is 6.13. The summed E-state index contributed by atoms with van der Waals surface area (Å²) in [5.74, 6) is -1.06. The largest absolute Gasteiger partial charge is 0.469 e. The molecule has 0 bridgehead atoms. The molecule has 7 heteroatoms. The number of benzene rings is 2. The van der Waals surface area contributed by atoms with E-state index in [9.17, 15) is 14.4 Å². The molecule has 30 heavy (non-hydrogen) atoms. The molecule has 0 radical (unpaired) electrons. The van der Waals surface area contributed by atoms with Gasteiger partial charge in [-0.15, -0.1) is 11.8 Å². The minimum absolute atomic E-state index is 0.122. The van der Waals surface area contributed by atoms with Crippen molar-refractivity contribution in [2.45, 2.75) is 24.0 Å². The number of carbonyl (C=O) groups excluding carboxylic acids is 3. The smallest absolute Gasteiger partial charge is 0.305 e. The Morgan fingerprint density at radius 1 is 1.30 bits per heavy atom. The van der Waals surface area contributed by atoms with Crippen LogP contribution in [0.4, 0.5) is 5.69 Å². The fourth-order valence-corrected chi connectivity index (χ4v) is 6.90. The second kappa shape index (κ2) is 8.19. The van der Waals surface area contributed by atoms with Crippen LogP contribution in [0.5, 0.6) is 0 Å². The summed E-state index contributed by atoms with van der Waals surface area (Å²) in [7, 11) is 1.35. The SMILES string of the molecule is COC(=O)CC1CSC2(C(=O)Nc3c(Br)cccc32)C(c2ccc(C)cc2)C1C=O. The summed E-state index contributed by atoms with van der Waals surface area (Å²) >= 11 is 5.06. The summed E-state index contributed by atoms with van der Waals surface area (Å²) in [5.41, 5.74) is 3.65. The van der Waals surface area contributed by atoms with E-state index in [0.717, 1.165) is 33.1 Å². The first-order valence-electron chi connectivity index (χ1n) is 9.75. The number of hydrogen-bond acceptors (Lipinski definition) is 5. The van der Waals surface area contributed by atoms with Crippen molar-refractivity contribution in [1.29, 1.82) is 0 Å². The van der Waals surface area contributed by atoms with Crippen LogP contribution in [0, 0.1) is 18.8 Å². The van der Waals surface area contributed by atoms with E-state index >= 15 is 0 Å². The van der Waals surface area contributed by atoms with Gasteiger partial charge in [0.2, 0.25) is 5.91 Å². The van der Waals surface area contributed by atoms with Crippen LogP contribution in [0.3, 0.4) is 0 Å². The summed E-state index contributed by atoms with van der Waals surface area (Å²) in [5, 5.41) is 3.03. The van der Waals surface area contributed by atoms with Gasteiger partial charge in [0.25, 0.3) is 0 Å². The number of anilines is 1. The molecule has 0 aromatic heterocycles. The number of esters is 1. The molecule has 0 saturated carbocycles. The van der Waals surface area contributed by atoms with E-state index in [4.69, 9.17) is 4.74 Å². The van der Waals surface area contributed by atoms with E-state index in [1.54, 1.807) is 0 Å². The molecule has 4 rings (SSSR count). The molecule has 2 aromatic rings. The molecule has 1 saturated heterocycles. The van der Waals surface area contributed by atoms with Crippen LogP contribution in [-0.4, -0.2) is 31.0 Å². The zero-order valence-electron chi connectivity index (χ0n) is 16.7. The van der Waals surface area contributed by atoms with Gasteiger partial charge in [-0.05, 0) is 46.2 Å². The van der Waals surface area contributed by atoms with E-state index in [0.29, 0.717) is 5.75 Å². The van der Waals surface area contributed by atoms with Gasteiger partial charge in [0.05, 0.1) is 12.8 Å². The lowest BCUT2D eigenvalue weighted by Gasteiger charge is -2.46. The maximum Gasteiger partial charge on any atom is 0.305 e. The highest BCUT2D eigenvalue weighted by Gasteiger charge is 2.60. The van der Waals surface area contributed by atoms with Crippen LogP contribution < -0.4 is 5.32 Å². The maximum absolute atomic E-state index is 13.5. The minimum Gasteiger partial charge on any atom is -0.469 e. The predicted molar refractivity (Wildman–Crippen MR) is 121 cm³/mol. The quantitative estimate of drug-likeness (QED) is 0.510. The first-order chi connectivity index (χ1) is 14.4. The summed E-state index contributed by atoms with van der Waals surface area (Å²) < 4.78 is 4.74. The molecule has 5 nitrogen and oxygen atoms in total. The maximum atomic E-state index is 13.5. The highest BCUT2D eigenvalue weighted by molar-refractivity contribution is 9.10. The van der Waals surface area contributed by atoms with Gasteiger partial charge in [-0.3, -0.25) is 9.59 Å². The standard InChI is InChI=1S/C23H22BrNO4S/c1-13-6-8-14(9-7-13)20-16(11-26)15(10-19(27)29-2)12-30-23(20)17-4-3-5-18(24)21(17)25-22(23)28/h3-9,11,15-16,20H,10,12H2,1-2H3,(H,25,28). The summed E-state index contributed by atoms with van der Waals surface area (Å²) in [6.45, 7) is 2.00. The molecule has 2 aliphatic heterocycles. The average Bonchev–Trinajstić information content (AvgIpc) is 3.03. The predicted octanol–water partition coefficient (Wildman–Crippen LogP) is 4.43. The fourth-order valence-electron chi connectivity index (χ4n) is 4.64. The Morgan fingerprint density at radius 2 is 2.03 bits per heavy atom. The fraction of sp³-hybridized carbons (Fsp3) is 0.348. The Hall–Kier alpha value is -2.12. The topological polar surface area (TPSA) is 72.5 Å². The Bertz CT molecular complexity index is 1010. The third kappa shape index (κ3) is 3.28. The highest BCUT2D eigenvalue weighted by atomic mass is 79.9. The molecule has 156 valence electrons. The number of thioether (sulfide) groups is 1. The summed E-state index contributed by atoms with van der Waals surface area (Å²) in [6, 6.07) is 13.7. The first-order valence-corrected chi connectivity index (χ1v) is 11.5. The van der Waals surface area contributed by atoms with Crippen molar-refractivity contribution in [3.05, 3.63) is 63.6 Å². The molecule has 2 heterocycles. The molecule has 1 N–H and O–H groups in total. The molecule has 1 spiro atoms. The number of para-hydroxylation sites is 1. The Morgan fingerprint density at radius 3 is 2.70 bits per heavy atom. The van der Waals surface area contributed by atoms with Crippen LogP contribution in [0.15, 0.2) is 46.9 Å². The van der Waals surface area contributed by atoms with Gasteiger partial charge in [-0.25, -0.2) is 0 Å². The van der Waals surface area contributed by atoms with Gasteiger partial charge in [0.1, 0.15) is 11.0 Å². The molecule has 4 unspecified atom stereocenters. The van der Waals surface area contributed by atoms with Crippen molar-refractivity contribution in [3.8, 4) is 0 Å². The lowest BCUT2D eigenvalue weighted by Crippen LogP contribution is -2.48. The molecular weight excluding hydrogens is 466 g/mol. The van der Waals surface area contributed by atoms with E-state index < -0.39 is 16.6 Å². The van der Waals surface area contributed by atoms with Crippen LogP contribution in [0.2, 0.25) is 0 Å². The molecule has 1 fully saturated rings. The number of nitrogens with one attached hydrogen (secondary N) is 1. The first kappa shape index (κ1) is 21.1. The van der Waals surface area contributed by atoms with Crippen LogP contribution in [0.1, 0.15) is 29.0 Å². The van der Waals surface area contributed by atoms with Crippen molar-refractivity contribution in [3.63, 3.8) is 0 Å². The number of aryl methyl sites for hydroxylation is 1. The lowest BCUT2D eigenvalue weighted by molar-refractivity contribution is -0.142. The number of hydrogen-bond donors (Lipinski definition) is 1. The number of fused-ring (bicyclic) bond motifs is 2. The molecule has 0 aliphatic carbocycles. The van der Waals surface area contributed by atoms with Gasteiger partial charge in [0, 0.05) is 28.3 Å². The zero-order valence-corrected chi connectivity index (χ0v) is 19.1. The van der Waals surface area contributed by atoms with E-state index in [1.807, 2.05) is 49.4 Å². The molecular formula is C23H22BrNO4S. The van der Waals surface area contributed by atoms with Crippen molar-refractivity contribution in [2.24, 2.45) is 11.8 Å². The van der Waals surface area contributed by atoms with Crippen LogP contribution in [-0.2, 0) is 23.9 Å². The van der Waals surface area contributed by atoms with Gasteiger partial charge in [-0.2, -0.15) is 0 Å². The minimum atomic E-state index is -0.938. The van der Waals surface area contributed by atoms with E-state index in [-0.39, 0.29) is 24.2 Å². The van der Waals surface area contributed by atoms with Crippen molar-refractivity contribution < 1.29 is 19.1 Å². The van der Waals surface area contributed by atoms with Crippen molar-refractivity contribution in [1.82, 2.24) is 0 Å². The number of amides is 1. The second-order valence-corrected chi connectivity index (χ2v) is 9.93. The Labute approximate surface area is 188 Å². The van der Waals surface area contributed by atoms with Gasteiger partial charge >= 0.3 is 5.97 Å². The Kier molecular flexibility index (Phi) is 5.77. The lowest BCUT2D eigenvalue weighted by atomic mass is 9.68. The van der Waals surface area contributed by atoms with Gasteiger partial charge in [-0.1, -0.05) is 42.0 Å². The van der Waals surface area contributed by atoms with Gasteiger partial charge in [0.15, 0.2) is 0 Å². The summed E-state index contributed by atoms with van der Waals surface area (Å²) in [4.78, 5) is 37.9. The number of methoxy groups -OCH3 is 1. The number of aldehydes is 1. The summed E-state index contributed by atoms with van der Waals surface area (Å²) in [6.07, 6.45) is 1.07. The second-order valence-electron chi connectivity index (χ2n) is 7.81. The third-order valence-corrected chi connectivity index (χ3v) is 8.50. The van der Waals surface area contributed by atoms with Crippen molar-refractivity contribution >= 4 is 51.5 Å². The average molecular weight is 488 g/mol. The Balaban J connectivity index is 1.90. The number of halogens is 1. The van der Waals surface area contributed by atoms with Crippen molar-refractivity contribution in [2.75, 3.05) is 18.2 Å². The molecule has 4 atom stereocenters. The van der Waals surface area contributed by atoms with Crippen LogP contribution >= 0.6 is 27.7 Å². The highest BCUT2D eigenvalue weighted by Crippen LogP contribution is 2.62. The normalized spacial score (nSPS) is 27.4. The molecule has 1 amide bonds. The molecule has 2 aliphatic rings. The van der Waals surface area contributed by atoms with E-state index in [2.05, 4.69) is 21.2 Å². The van der Waals surface area contributed by atoms with E-state index in [1.165, 1.54) is 18.9 Å². The number of ether oxygens (including phenoxy) is 1. The number of rotatable bonds is 4. The van der Waals surface area contributed by atoms with Gasteiger partial charge < -0.3 is 14.8 Å². The number of carbonyl (C=O) groups is 3. The zero-order chi connectivity index (χ0) is 21.5. The molecule has 2 aromatic carbocycles. The van der Waals surface area contributed by atoms with Crippen LogP contribution in [0.25, 0.3) is 0 Å².